The van der Waals surface area contributed by atoms with Gasteiger partial charge in [0.15, 0.2) is 5.16 Å². The number of thioether (sulfide) groups is 1. The van der Waals surface area contributed by atoms with Gasteiger partial charge < -0.3 is 10.1 Å². The lowest BCUT2D eigenvalue weighted by Crippen LogP contribution is -2.26. The Morgan fingerprint density at radius 3 is 2.71 bits per heavy atom. The van der Waals surface area contributed by atoms with E-state index in [9.17, 15) is 9.59 Å². The molecule has 4 rings (SSSR count). The van der Waals surface area contributed by atoms with Crippen LogP contribution in [0.25, 0.3) is 21.3 Å². The Bertz CT molecular complexity index is 1420. The van der Waals surface area contributed by atoms with Gasteiger partial charge in [0, 0.05) is 17.5 Å². The number of allylic oxidation sites excluding steroid dienone is 1. The first kappa shape index (κ1) is 24.8. The fourth-order valence-electron chi connectivity index (χ4n) is 3.63. The summed E-state index contributed by atoms with van der Waals surface area (Å²) in [4.78, 5) is 32.0. The molecule has 2 heterocycles. The van der Waals surface area contributed by atoms with E-state index in [0.717, 1.165) is 16.7 Å². The van der Waals surface area contributed by atoms with Gasteiger partial charge in [0.1, 0.15) is 10.6 Å². The molecule has 0 aliphatic carbocycles. The Morgan fingerprint density at radius 2 is 2.00 bits per heavy atom. The number of thiophene rings is 1. The van der Waals surface area contributed by atoms with Crippen molar-refractivity contribution in [2.24, 2.45) is 0 Å². The van der Waals surface area contributed by atoms with Gasteiger partial charge in [-0.2, -0.15) is 0 Å². The first-order valence-electron chi connectivity index (χ1n) is 11.3. The normalized spacial score (nSPS) is 11.9. The number of carbonyl (C=O) groups excluding carboxylic acids is 1. The molecule has 6 nitrogen and oxygen atoms in total. The van der Waals surface area contributed by atoms with Crippen LogP contribution in [0.5, 0.6) is 5.75 Å². The maximum atomic E-state index is 13.6. The summed E-state index contributed by atoms with van der Waals surface area (Å²) in [5.74, 6) is 0.416. The number of aromatic nitrogens is 2. The second kappa shape index (κ2) is 10.9. The molecule has 0 saturated heterocycles. The highest BCUT2D eigenvalue weighted by atomic mass is 32.2. The first-order valence-corrected chi connectivity index (χ1v) is 13.1. The van der Waals surface area contributed by atoms with Crippen LogP contribution in [-0.4, -0.2) is 27.3 Å². The van der Waals surface area contributed by atoms with Crippen molar-refractivity contribution in [1.82, 2.24) is 9.55 Å². The minimum atomic E-state index is -0.498. The number of hydrogen-bond acceptors (Lipinski definition) is 6. The van der Waals surface area contributed by atoms with Crippen molar-refractivity contribution in [2.75, 3.05) is 11.9 Å². The molecule has 2 aromatic carbocycles. The number of aryl methyl sites for hydroxylation is 1. The minimum Gasteiger partial charge on any atom is -0.492 e. The SMILES string of the molecule is C=CCn1c(SC(C)C(=O)Nc2ccccc2OCC)nc2scc(-c3ccc(C)cc3)c2c1=O. The summed E-state index contributed by atoms with van der Waals surface area (Å²) in [5.41, 5.74) is 3.48. The number of anilines is 1. The largest absolute Gasteiger partial charge is 0.492 e. The van der Waals surface area contributed by atoms with Crippen LogP contribution in [-0.2, 0) is 11.3 Å². The lowest BCUT2D eigenvalue weighted by molar-refractivity contribution is -0.115. The Balaban J connectivity index is 1.65. The summed E-state index contributed by atoms with van der Waals surface area (Å²) in [7, 11) is 0. The van der Waals surface area contributed by atoms with E-state index in [2.05, 4.69) is 11.9 Å². The summed E-state index contributed by atoms with van der Waals surface area (Å²) >= 11 is 2.68. The molecule has 35 heavy (non-hydrogen) atoms. The molecular formula is C27H27N3O3S2. The van der Waals surface area contributed by atoms with Crippen molar-refractivity contribution in [3.05, 3.63) is 82.5 Å². The Kier molecular flexibility index (Phi) is 7.73. The van der Waals surface area contributed by atoms with Gasteiger partial charge in [-0.1, -0.05) is 59.8 Å². The number of hydrogen-bond donors (Lipinski definition) is 1. The summed E-state index contributed by atoms with van der Waals surface area (Å²) in [6.07, 6.45) is 1.67. The molecule has 0 aliphatic heterocycles. The fraction of sp³-hybridized carbons (Fsp3) is 0.222. The molecular weight excluding hydrogens is 478 g/mol. The van der Waals surface area contributed by atoms with E-state index in [4.69, 9.17) is 9.72 Å². The van der Waals surface area contributed by atoms with Gasteiger partial charge in [0.05, 0.1) is 22.9 Å². The summed E-state index contributed by atoms with van der Waals surface area (Å²) in [5, 5.41) is 5.48. The number of para-hydroxylation sites is 2. The van der Waals surface area contributed by atoms with E-state index in [1.165, 1.54) is 23.1 Å². The van der Waals surface area contributed by atoms with E-state index in [1.54, 1.807) is 23.6 Å². The quantitative estimate of drug-likeness (QED) is 0.168. The molecule has 0 spiro atoms. The number of carbonyl (C=O) groups is 1. The highest BCUT2D eigenvalue weighted by Gasteiger charge is 2.22. The molecule has 0 fully saturated rings. The van der Waals surface area contributed by atoms with E-state index in [0.29, 0.717) is 40.0 Å². The van der Waals surface area contributed by atoms with Gasteiger partial charge in [-0.25, -0.2) is 4.98 Å². The highest BCUT2D eigenvalue weighted by molar-refractivity contribution is 8.00. The monoisotopic (exact) mass is 505 g/mol. The molecule has 0 saturated carbocycles. The lowest BCUT2D eigenvalue weighted by atomic mass is 10.1. The first-order chi connectivity index (χ1) is 16.9. The number of benzene rings is 2. The molecule has 8 heteroatoms. The third-order valence-electron chi connectivity index (χ3n) is 5.43. The van der Waals surface area contributed by atoms with Crippen molar-refractivity contribution in [2.45, 2.75) is 37.7 Å². The van der Waals surface area contributed by atoms with Gasteiger partial charge in [0.2, 0.25) is 5.91 Å². The Labute approximate surface area is 212 Å². The number of rotatable bonds is 9. The zero-order chi connectivity index (χ0) is 24.9. The number of ether oxygens (including phenoxy) is 1. The van der Waals surface area contributed by atoms with E-state index in [-0.39, 0.29) is 11.5 Å². The maximum Gasteiger partial charge on any atom is 0.263 e. The predicted octanol–water partition coefficient (Wildman–Crippen LogP) is 6.14. The van der Waals surface area contributed by atoms with Crippen molar-refractivity contribution >= 4 is 44.9 Å². The van der Waals surface area contributed by atoms with Crippen LogP contribution in [0.2, 0.25) is 0 Å². The van der Waals surface area contributed by atoms with Gasteiger partial charge in [-0.15, -0.1) is 17.9 Å². The van der Waals surface area contributed by atoms with Crippen LogP contribution in [0.3, 0.4) is 0 Å². The average Bonchev–Trinajstić information content (AvgIpc) is 3.27. The smallest absolute Gasteiger partial charge is 0.263 e. The van der Waals surface area contributed by atoms with Crippen LogP contribution >= 0.6 is 23.1 Å². The summed E-state index contributed by atoms with van der Waals surface area (Å²) in [6, 6.07) is 15.4. The molecule has 0 aliphatic rings. The standard InChI is InChI=1S/C27H27N3O3S2/c1-5-15-30-26(32)23-20(19-13-11-17(3)12-14-19)16-34-25(23)29-27(30)35-18(4)24(31)28-21-9-7-8-10-22(21)33-6-2/h5,7-14,16,18H,1,6,15H2,2-4H3,(H,28,31). The third kappa shape index (κ3) is 5.33. The van der Waals surface area contributed by atoms with Crippen LogP contribution in [0.1, 0.15) is 19.4 Å². The fourth-order valence-corrected chi connectivity index (χ4v) is 5.53. The van der Waals surface area contributed by atoms with Gasteiger partial charge in [-0.3, -0.25) is 14.2 Å². The Morgan fingerprint density at radius 1 is 1.26 bits per heavy atom. The zero-order valence-electron chi connectivity index (χ0n) is 19.9. The predicted molar refractivity (Wildman–Crippen MR) is 146 cm³/mol. The number of fused-ring (bicyclic) bond motifs is 1. The molecule has 2 aromatic heterocycles. The van der Waals surface area contributed by atoms with Crippen LogP contribution < -0.4 is 15.6 Å². The molecule has 180 valence electrons. The van der Waals surface area contributed by atoms with Crippen LogP contribution in [0.15, 0.2) is 76.5 Å². The number of nitrogens with one attached hydrogen (secondary N) is 1. The molecule has 0 radical (unpaired) electrons. The van der Waals surface area contributed by atoms with Gasteiger partial charge in [-0.05, 0) is 38.5 Å². The zero-order valence-corrected chi connectivity index (χ0v) is 21.5. The molecule has 1 atom stereocenters. The van der Waals surface area contributed by atoms with E-state index in [1.807, 2.05) is 61.7 Å². The third-order valence-corrected chi connectivity index (χ3v) is 7.39. The minimum absolute atomic E-state index is 0.136. The van der Waals surface area contributed by atoms with Crippen molar-refractivity contribution in [1.29, 1.82) is 0 Å². The highest BCUT2D eigenvalue weighted by Crippen LogP contribution is 2.33. The second-order valence-corrected chi connectivity index (χ2v) is 10.1. The molecule has 1 amide bonds. The maximum absolute atomic E-state index is 13.6. The molecule has 0 bridgehead atoms. The van der Waals surface area contributed by atoms with Crippen LogP contribution in [0, 0.1) is 6.92 Å². The van der Waals surface area contributed by atoms with Gasteiger partial charge >= 0.3 is 0 Å². The summed E-state index contributed by atoms with van der Waals surface area (Å²) < 4.78 is 7.19. The van der Waals surface area contributed by atoms with E-state index < -0.39 is 5.25 Å². The van der Waals surface area contributed by atoms with E-state index >= 15 is 0 Å². The molecule has 1 unspecified atom stereocenters. The Hall–Kier alpha value is -3.36. The number of nitrogens with zero attached hydrogens (tertiary/aromatic N) is 2. The lowest BCUT2D eigenvalue weighted by Gasteiger charge is -2.16. The summed E-state index contributed by atoms with van der Waals surface area (Å²) in [6.45, 7) is 10.3. The molecule has 1 N–H and O–H groups in total. The number of amides is 1. The van der Waals surface area contributed by atoms with Crippen LogP contribution in [0.4, 0.5) is 5.69 Å². The average molecular weight is 506 g/mol. The molecule has 4 aromatic rings. The second-order valence-electron chi connectivity index (χ2n) is 7.97. The van der Waals surface area contributed by atoms with Crippen molar-refractivity contribution in [3.8, 4) is 16.9 Å². The van der Waals surface area contributed by atoms with Crippen molar-refractivity contribution < 1.29 is 9.53 Å². The topological polar surface area (TPSA) is 73.2 Å². The van der Waals surface area contributed by atoms with Gasteiger partial charge in [0.25, 0.3) is 5.56 Å². The van der Waals surface area contributed by atoms with Crippen molar-refractivity contribution in [3.63, 3.8) is 0 Å².